The predicted octanol–water partition coefficient (Wildman–Crippen LogP) is 6.49. The summed E-state index contributed by atoms with van der Waals surface area (Å²) in [5.41, 5.74) is 4.12. The van der Waals surface area contributed by atoms with Gasteiger partial charge in [0.15, 0.2) is 0 Å². The third-order valence-corrected chi connectivity index (χ3v) is 7.31. The van der Waals surface area contributed by atoms with Gasteiger partial charge in [-0.15, -0.1) is 11.3 Å². The van der Waals surface area contributed by atoms with Crippen LogP contribution in [0.15, 0.2) is 73.1 Å². The highest BCUT2D eigenvalue weighted by Gasteiger charge is 2.35. The summed E-state index contributed by atoms with van der Waals surface area (Å²) in [6, 6.07) is 21.9. The van der Waals surface area contributed by atoms with Crippen molar-refractivity contribution in [2.75, 3.05) is 0 Å². The van der Waals surface area contributed by atoms with Gasteiger partial charge >= 0.3 is 0 Å². The standard InChI is InChI=1S/C24H21ClN2S/c1-16-23(18-5-3-2-4-6-18)24-21(20-13-19(25)7-8-22(20)28-24)15-27(16)14-17-9-11-26-12-10-17/h2-13,16,23H,14-15H2,1H3. The molecule has 140 valence electrons. The monoisotopic (exact) mass is 404 g/mol. The van der Waals surface area contributed by atoms with E-state index >= 15 is 0 Å². The number of thiophene rings is 1. The Bertz CT molecular complexity index is 1110. The first-order valence-electron chi connectivity index (χ1n) is 9.59. The number of halogens is 1. The van der Waals surface area contributed by atoms with E-state index in [1.165, 1.54) is 31.7 Å². The molecule has 0 fully saturated rings. The Hall–Kier alpha value is -2.20. The molecule has 2 aromatic carbocycles. The SMILES string of the molecule is CC1C(c2ccccc2)c2sc3ccc(Cl)cc3c2CN1Cc1ccncc1. The van der Waals surface area contributed by atoms with E-state index in [4.69, 9.17) is 11.6 Å². The van der Waals surface area contributed by atoms with Crippen LogP contribution in [0.1, 0.15) is 34.4 Å². The van der Waals surface area contributed by atoms with Crippen molar-refractivity contribution >= 4 is 33.0 Å². The van der Waals surface area contributed by atoms with Crippen molar-refractivity contribution in [2.24, 2.45) is 0 Å². The maximum Gasteiger partial charge on any atom is 0.0413 e. The van der Waals surface area contributed by atoms with E-state index < -0.39 is 0 Å². The molecule has 4 aromatic rings. The normalized spacial score (nSPS) is 19.6. The number of pyridine rings is 1. The second-order valence-electron chi connectivity index (χ2n) is 7.47. The summed E-state index contributed by atoms with van der Waals surface area (Å²) in [6.07, 6.45) is 3.76. The van der Waals surface area contributed by atoms with Crippen LogP contribution in [0.3, 0.4) is 0 Å². The number of aromatic nitrogens is 1. The van der Waals surface area contributed by atoms with Crippen molar-refractivity contribution in [1.82, 2.24) is 9.88 Å². The molecular formula is C24H21ClN2S. The van der Waals surface area contributed by atoms with Crippen molar-refractivity contribution in [3.8, 4) is 0 Å². The molecule has 0 saturated heterocycles. The molecule has 0 amide bonds. The second kappa shape index (κ2) is 7.32. The zero-order valence-corrected chi connectivity index (χ0v) is 17.3. The van der Waals surface area contributed by atoms with Gasteiger partial charge in [-0.3, -0.25) is 9.88 Å². The summed E-state index contributed by atoms with van der Waals surface area (Å²) in [4.78, 5) is 8.24. The minimum Gasteiger partial charge on any atom is -0.291 e. The minimum atomic E-state index is 0.364. The first-order chi connectivity index (χ1) is 13.7. The lowest BCUT2D eigenvalue weighted by molar-refractivity contribution is 0.163. The second-order valence-corrected chi connectivity index (χ2v) is 8.99. The highest BCUT2D eigenvalue weighted by atomic mass is 35.5. The Labute approximate surface area is 174 Å². The maximum atomic E-state index is 6.35. The lowest BCUT2D eigenvalue weighted by atomic mass is 9.84. The van der Waals surface area contributed by atoms with E-state index in [1.54, 1.807) is 0 Å². The smallest absolute Gasteiger partial charge is 0.0413 e. The summed E-state index contributed by atoms with van der Waals surface area (Å²) < 4.78 is 1.33. The van der Waals surface area contributed by atoms with E-state index in [2.05, 4.69) is 71.4 Å². The van der Waals surface area contributed by atoms with E-state index in [-0.39, 0.29) is 0 Å². The molecule has 0 N–H and O–H groups in total. The number of rotatable bonds is 3. The molecule has 0 bridgehead atoms. The van der Waals surface area contributed by atoms with Gasteiger partial charge in [-0.1, -0.05) is 41.9 Å². The van der Waals surface area contributed by atoms with Crippen molar-refractivity contribution < 1.29 is 0 Å². The summed E-state index contributed by atoms with van der Waals surface area (Å²) in [6.45, 7) is 4.23. The molecule has 0 radical (unpaired) electrons. The zero-order chi connectivity index (χ0) is 19.1. The quantitative estimate of drug-likeness (QED) is 0.388. The maximum absolute atomic E-state index is 6.35. The number of nitrogens with zero attached hydrogens (tertiary/aromatic N) is 2. The lowest BCUT2D eigenvalue weighted by Crippen LogP contribution is -2.40. The summed E-state index contributed by atoms with van der Waals surface area (Å²) >= 11 is 8.28. The molecule has 0 spiro atoms. The molecule has 2 unspecified atom stereocenters. The van der Waals surface area contributed by atoms with Crippen LogP contribution in [0.25, 0.3) is 10.1 Å². The van der Waals surface area contributed by atoms with Gasteiger partial charge in [-0.2, -0.15) is 0 Å². The van der Waals surface area contributed by atoms with Gasteiger partial charge in [0.2, 0.25) is 0 Å². The van der Waals surface area contributed by atoms with Crippen molar-refractivity contribution in [3.05, 3.63) is 99.6 Å². The Balaban J connectivity index is 1.65. The topological polar surface area (TPSA) is 16.1 Å². The molecule has 2 aromatic heterocycles. The van der Waals surface area contributed by atoms with Gasteiger partial charge in [-0.05, 0) is 59.3 Å². The number of benzene rings is 2. The van der Waals surface area contributed by atoms with Crippen molar-refractivity contribution in [1.29, 1.82) is 0 Å². The van der Waals surface area contributed by atoms with Crippen molar-refractivity contribution in [3.63, 3.8) is 0 Å². The number of hydrogen-bond donors (Lipinski definition) is 0. The van der Waals surface area contributed by atoms with Gasteiger partial charge in [0.1, 0.15) is 0 Å². The first-order valence-corrected chi connectivity index (χ1v) is 10.8. The molecule has 2 atom stereocenters. The zero-order valence-electron chi connectivity index (χ0n) is 15.7. The van der Waals surface area contributed by atoms with Crippen LogP contribution in [-0.2, 0) is 13.1 Å². The summed E-state index contributed by atoms with van der Waals surface area (Å²) in [5, 5.41) is 2.11. The van der Waals surface area contributed by atoms with Crippen LogP contribution in [-0.4, -0.2) is 15.9 Å². The average Bonchev–Trinajstić information content (AvgIpc) is 3.07. The van der Waals surface area contributed by atoms with Gasteiger partial charge in [0.25, 0.3) is 0 Å². The van der Waals surface area contributed by atoms with Crippen molar-refractivity contribution in [2.45, 2.75) is 32.0 Å². The van der Waals surface area contributed by atoms with Gasteiger partial charge < -0.3 is 0 Å². The van der Waals surface area contributed by atoms with Crippen LogP contribution in [0.2, 0.25) is 5.02 Å². The highest BCUT2D eigenvalue weighted by Crippen LogP contribution is 2.46. The van der Waals surface area contributed by atoms with Gasteiger partial charge in [0, 0.05) is 52.0 Å². The summed E-state index contributed by atoms with van der Waals surface area (Å²) in [7, 11) is 0. The highest BCUT2D eigenvalue weighted by molar-refractivity contribution is 7.19. The molecule has 1 aliphatic heterocycles. The fourth-order valence-electron chi connectivity index (χ4n) is 4.34. The first kappa shape index (κ1) is 17.9. The number of fused-ring (bicyclic) bond motifs is 3. The van der Waals surface area contributed by atoms with E-state index in [1.807, 2.05) is 29.8 Å². The molecular weight excluding hydrogens is 384 g/mol. The number of hydrogen-bond acceptors (Lipinski definition) is 3. The van der Waals surface area contributed by atoms with E-state index in [0.717, 1.165) is 18.1 Å². The Morgan fingerprint density at radius 3 is 2.64 bits per heavy atom. The molecule has 1 aliphatic rings. The van der Waals surface area contributed by atoms with Crippen LogP contribution in [0, 0.1) is 0 Å². The Morgan fingerprint density at radius 2 is 1.86 bits per heavy atom. The van der Waals surface area contributed by atoms with Crippen LogP contribution < -0.4 is 0 Å². The third-order valence-electron chi connectivity index (χ3n) is 5.78. The fourth-order valence-corrected chi connectivity index (χ4v) is 5.94. The van der Waals surface area contributed by atoms with E-state index in [0.29, 0.717) is 12.0 Å². The third kappa shape index (κ3) is 3.14. The van der Waals surface area contributed by atoms with Crippen LogP contribution in [0.5, 0.6) is 0 Å². The molecule has 4 heteroatoms. The molecule has 2 nitrogen and oxygen atoms in total. The predicted molar refractivity (Wildman–Crippen MR) is 118 cm³/mol. The molecule has 28 heavy (non-hydrogen) atoms. The molecule has 0 saturated carbocycles. The Morgan fingerprint density at radius 1 is 1.07 bits per heavy atom. The minimum absolute atomic E-state index is 0.364. The summed E-state index contributed by atoms with van der Waals surface area (Å²) in [5.74, 6) is 0.364. The van der Waals surface area contributed by atoms with Crippen LogP contribution >= 0.6 is 22.9 Å². The molecule has 0 aliphatic carbocycles. The van der Waals surface area contributed by atoms with E-state index in [9.17, 15) is 0 Å². The van der Waals surface area contributed by atoms with Gasteiger partial charge in [0.05, 0.1) is 0 Å². The average molecular weight is 405 g/mol. The van der Waals surface area contributed by atoms with Gasteiger partial charge in [-0.25, -0.2) is 0 Å². The van der Waals surface area contributed by atoms with Crippen LogP contribution in [0.4, 0.5) is 0 Å². The largest absolute Gasteiger partial charge is 0.291 e. The Kier molecular flexibility index (Phi) is 4.67. The molecule has 3 heterocycles. The lowest BCUT2D eigenvalue weighted by Gasteiger charge is -2.40. The molecule has 5 rings (SSSR count). The fraction of sp³-hybridized carbons (Fsp3) is 0.208.